The molecule has 0 saturated carbocycles. The second-order valence-corrected chi connectivity index (χ2v) is 8.05. The average molecular weight is 460 g/mol. The SMILES string of the molecule is [CH2-]c1ccccc1.[Pd].c1ccc(P(c2ccccc2)c2ccccc2)cc1. The fourth-order valence-electron chi connectivity index (χ4n) is 2.66. The van der Waals surface area contributed by atoms with Crippen molar-refractivity contribution in [3.63, 3.8) is 0 Å². The summed E-state index contributed by atoms with van der Waals surface area (Å²) in [6.45, 7) is 3.72. The quantitative estimate of drug-likeness (QED) is 0.221. The van der Waals surface area contributed by atoms with Crippen molar-refractivity contribution in [2.45, 2.75) is 0 Å². The Morgan fingerprint density at radius 3 is 0.889 bits per heavy atom. The molecule has 0 radical (unpaired) electrons. The van der Waals surface area contributed by atoms with E-state index in [-0.39, 0.29) is 20.4 Å². The summed E-state index contributed by atoms with van der Waals surface area (Å²) < 4.78 is 0. The van der Waals surface area contributed by atoms with Gasteiger partial charge in [0.2, 0.25) is 0 Å². The van der Waals surface area contributed by atoms with Gasteiger partial charge < -0.3 is 0 Å². The molecule has 0 N–H and O–H groups in total. The smallest absolute Gasteiger partial charge is 0 e. The van der Waals surface area contributed by atoms with Crippen LogP contribution in [0.5, 0.6) is 0 Å². The average Bonchev–Trinajstić information content (AvgIpc) is 2.72. The second-order valence-electron chi connectivity index (χ2n) is 5.83. The van der Waals surface area contributed by atoms with E-state index in [4.69, 9.17) is 0 Å². The second kappa shape index (κ2) is 11.5. The Balaban J connectivity index is 0.000000278. The van der Waals surface area contributed by atoms with E-state index < -0.39 is 7.92 Å². The van der Waals surface area contributed by atoms with Gasteiger partial charge in [0, 0.05) is 20.4 Å². The van der Waals surface area contributed by atoms with Gasteiger partial charge in [0.25, 0.3) is 0 Å². The molecule has 27 heavy (non-hydrogen) atoms. The van der Waals surface area contributed by atoms with E-state index in [0.29, 0.717) is 0 Å². The van der Waals surface area contributed by atoms with Crippen LogP contribution in [-0.4, -0.2) is 0 Å². The van der Waals surface area contributed by atoms with Gasteiger partial charge in [0.05, 0.1) is 0 Å². The van der Waals surface area contributed by atoms with Crippen molar-refractivity contribution in [2.75, 3.05) is 0 Å². The van der Waals surface area contributed by atoms with Crippen LogP contribution < -0.4 is 15.9 Å². The summed E-state index contributed by atoms with van der Waals surface area (Å²) in [4.78, 5) is 0. The van der Waals surface area contributed by atoms with E-state index in [1.807, 2.05) is 30.3 Å². The molecule has 0 heterocycles. The van der Waals surface area contributed by atoms with Crippen molar-refractivity contribution in [3.8, 4) is 0 Å². The summed E-state index contributed by atoms with van der Waals surface area (Å²) in [5.74, 6) is 0. The Hall–Kier alpha value is -2.16. The molecule has 0 bridgehead atoms. The predicted molar refractivity (Wildman–Crippen MR) is 116 cm³/mol. The van der Waals surface area contributed by atoms with Crippen LogP contribution in [0.2, 0.25) is 0 Å². The number of hydrogen-bond acceptors (Lipinski definition) is 0. The van der Waals surface area contributed by atoms with Gasteiger partial charge in [0.1, 0.15) is 0 Å². The van der Waals surface area contributed by atoms with Crippen LogP contribution in [0, 0.1) is 6.92 Å². The van der Waals surface area contributed by atoms with Gasteiger partial charge in [-0.15, -0.1) is 12.1 Å². The van der Waals surface area contributed by atoms with Crippen LogP contribution in [0.4, 0.5) is 0 Å². The summed E-state index contributed by atoms with van der Waals surface area (Å²) in [5, 5.41) is 4.19. The Morgan fingerprint density at radius 1 is 0.407 bits per heavy atom. The topological polar surface area (TPSA) is 0 Å². The van der Waals surface area contributed by atoms with Crippen LogP contribution in [0.3, 0.4) is 0 Å². The third kappa shape index (κ3) is 6.50. The molecular formula is C25H22PPd-. The van der Waals surface area contributed by atoms with Crippen molar-refractivity contribution in [2.24, 2.45) is 0 Å². The number of rotatable bonds is 3. The molecule has 0 spiro atoms. The van der Waals surface area contributed by atoms with Crippen LogP contribution in [-0.2, 0) is 20.4 Å². The molecule has 0 saturated heterocycles. The molecule has 0 unspecified atom stereocenters. The number of benzene rings is 4. The molecule has 0 aliphatic heterocycles. The van der Waals surface area contributed by atoms with E-state index in [0.717, 1.165) is 5.56 Å². The van der Waals surface area contributed by atoms with Crippen molar-refractivity contribution < 1.29 is 20.4 Å². The molecule has 2 heteroatoms. The standard InChI is InChI=1S/C18H15P.C7H7.Pd/c1-4-10-16(11-5-1)19(17-12-6-2-7-13-17)18-14-8-3-9-15-18;1-7-5-3-2-4-6-7;/h1-15H;2-6H,1H2;/q;-1;. The zero-order valence-corrected chi connectivity index (χ0v) is 17.5. The minimum absolute atomic E-state index is 0. The van der Waals surface area contributed by atoms with Crippen LogP contribution in [0.15, 0.2) is 121 Å². The van der Waals surface area contributed by atoms with Crippen molar-refractivity contribution in [3.05, 3.63) is 134 Å². The van der Waals surface area contributed by atoms with Gasteiger partial charge >= 0.3 is 0 Å². The van der Waals surface area contributed by atoms with Crippen molar-refractivity contribution >= 4 is 23.8 Å². The van der Waals surface area contributed by atoms with E-state index in [2.05, 4.69) is 97.9 Å². The monoisotopic (exact) mass is 459 g/mol. The Kier molecular flexibility index (Phi) is 9.03. The maximum atomic E-state index is 3.72. The van der Waals surface area contributed by atoms with Gasteiger partial charge in [-0.2, -0.15) is 24.6 Å². The minimum atomic E-state index is -0.446. The van der Waals surface area contributed by atoms with Gasteiger partial charge in [-0.1, -0.05) is 97.1 Å². The fourth-order valence-corrected chi connectivity index (χ4v) is 4.96. The molecule has 4 aromatic carbocycles. The van der Waals surface area contributed by atoms with Crippen molar-refractivity contribution in [1.29, 1.82) is 0 Å². The van der Waals surface area contributed by atoms with Crippen LogP contribution in [0.1, 0.15) is 5.56 Å². The molecule has 138 valence electrons. The Labute approximate surface area is 177 Å². The van der Waals surface area contributed by atoms with Gasteiger partial charge in [-0.3, -0.25) is 0 Å². The van der Waals surface area contributed by atoms with Crippen molar-refractivity contribution in [1.82, 2.24) is 0 Å². The van der Waals surface area contributed by atoms with E-state index >= 15 is 0 Å². The zero-order valence-electron chi connectivity index (χ0n) is 15.0. The van der Waals surface area contributed by atoms with Gasteiger partial charge in [-0.05, 0) is 23.8 Å². The van der Waals surface area contributed by atoms with E-state index in [1.54, 1.807) is 0 Å². The van der Waals surface area contributed by atoms with E-state index in [1.165, 1.54) is 15.9 Å². The fraction of sp³-hybridized carbons (Fsp3) is 0. The maximum absolute atomic E-state index is 3.72. The Bertz CT molecular complexity index is 784. The molecule has 0 atom stereocenters. The Morgan fingerprint density at radius 2 is 0.667 bits per heavy atom. The summed E-state index contributed by atoms with van der Waals surface area (Å²) in [7, 11) is -0.446. The first-order chi connectivity index (χ1) is 12.8. The molecule has 0 aromatic heterocycles. The molecule has 4 rings (SSSR count). The molecule has 0 aliphatic carbocycles. The number of hydrogen-bond donors (Lipinski definition) is 0. The molecule has 4 aromatic rings. The molecule has 0 aliphatic rings. The minimum Gasteiger partial charge on any atom is -0.199 e. The van der Waals surface area contributed by atoms with Gasteiger partial charge in [-0.25, -0.2) is 0 Å². The van der Waals surface area contributed by atoms with Crippen LogP contribution in [0.25, 0.3) is 0 Å². The molecular weight excluding hydrogens is 438 g/mol. The van der Waals surface area contributed by atoms with E-state index in [9.17, 15) is 0 Å². The first-order valence-electron chi connectivity index (χ1n) is 8.67. The third-order valence-electron chi connectivity index (χ3n) is 3.89. The third-order valence-corrected chi connectivity index (χ3v) is 6.33. The maximum Gasteiger partial charge on any atom is 0 e. The summed E-state index contributed by atoms with van der Waals surface area (Å²) in [5.41, 5.74) is 1.07. The van der Waals surface area contributed by atoms with Crippen LogP contribution >= 0.6 is 7.92 Å². The molecule has 0 fully saturated rings. The predicted octanol–water partition coefficient (Wildman–Crippen LogP) is 5.31. The zero-order chi connectivity index (χ0) is 18.0. The molecule has 0 nitrogen and oxygen atoms in total. The normalized spacial score (nSPS) is 9.67. The van der Waals surface area contributed by atoms with Gasteiger partial charge in [0.15, 0.2) is 0 Å². The summed E-state index contributed by atoms with van der Waals surface area (Å²) in [6, 6.07) is 42.2. The first kappa shape index (κ1) is 21.1. The molecule has 0 amide bonds. The summed E-state index contributed by atoms with van der Waals surface area (Å²) in [6.07, 6.45) is 0. The first-order valence-corrected chi connectivity index (χ1v) is 10.0. The summed E-state index contributed by atoms with van der Waals surface area (Å²) >= 11 is 0. The largest absolute Gasteiger partial charge is 0.199 e.